The van der Waals surface area contributed by atoms with Gasteiger partial charge in [0.05, 0.1) is 12.7 Å². The van der Waals surface area contributed by atoms with Gasteiger partial charge in [0.25, 0.3) is 0 Å². The smallest absolute Gasteiger partial charge is 0.0897 e. The summed E-state index contributed by atoms with van der Waals surface area (Å²) in [6.07, 6.45) is 7.18. The number of aliphatic hydroxyl groups excluding tert-OH is 1. The highest BCUT2D eigenvalue weighted by molar-refractivity contribution is 4.94. The minimum atomic E-state index is -0.357. The molecule has 1 saturated carbocycles. The molecule has 0 aromatic carbocycles. The number of rotatable bonds is 11. The number of nitrogens with one attached hydrogen (secondary N) is 1. The Balaban J connectivity index is 1.95. The van der Waals surface area contributed by atoms with Crippen LogP contribution in [0.5, 0.6) is 0 Å². The van der Waals surface area contributed by atoms with Crippen molar-refractivity contribution in [3.63, 3.8) is 0 Å². The van der Waals surface area contributed by atoms with Crippen molar-refractivity contribution in [2.24, 2.45) is 5.41 Å². The summed E-state index contributed by atoms with van der Waals surface area (Å²) >= 11 is 0. The normalized spacial score (nSPS) is 19.2. The molecule has 3 nitrogen and oxygen atoms in total. The van der Waals surface area contributed by atoms with Gasteiger partial charge in [-0.15, -0.1) is 0 Å². The molecule has 1 unspecified atom stereocenters. The first-order chi connectivity index (χ1) is 8.22. The quantitative estimate of drug-likeness (QED) is 0.547. The lowest BCUT2D eigenvalue weighted by molar-refractivity contribution is 0.0353. The zero-order chi connectivity index (χ0) is 12.6. The Hall–Kier alpha value is -0.120. The van der Waals surface area contributed by atoms with Crippen LogP contribution in [0.15, 0.2) is 0 Å². The van der Waals surface area contributed by atoms with Crippen molar-refractivity contribution in [1.82, 2.24) is 5.32 Å². The Bertz CT molecular complexity index is 193. The van der Waals surface area contributed by atoms with Crippen LogP contribution >= 0.6 is 0 Å². The van der Waals surface area contributed by atoms with Gasteiger partial charge in [-0.2, -0.15) is 0 Å². The van der Waals surface area contributed by atoms with Crippen molar-refractivity contribution in [2.75, 3.05) is 26.3 Å². The predicted molar refractivity (Wildman–Crippen MR) is 71.2 cm³/mol. The molecule has 1 fully saturated rings. The first kappa shape index (κ1) is 14.9. The number of aliphatic hydroxyl groups is 1. The van der Waals surface area contributed by atoms with Crippen molar-refractivity contribution in [1.29, 1.82) is 0 Å². The number of unbranched alkanes of at least 4 members (excludes halogenated alkanes) is 1. The standard InChI is InChI=1S/C14H29NO2/c1-3-5-9-17-11-13(16)10-15-12-14(6-4-2)7-8-14/h13,15-16H,3-12H2,1-2H3. The van der Waals surface area contributed by atoms with Crippen LogP contribution in [0.25, 0.3) is 0 Å². The lowest BCUT2D eigenvalue weighted by atomic mass is 10.0. The summed E-state index contributed by atoms with van der Waals surface area (Å²) in [5.41, 5.74) is 0.567. The van der Waals surface area contributed by atoms with E-state index in [2.05, 4.69) is 19.2 Å². The molecule has 102 valence electrons. The van der Waals surface area contributed by atoms with Gasteiger partial charge >= 0.3 is 0 Å². The zero-order valence-corrected chi connectivity index (χ0v) is 11.5. The second-order valence-electron chi connectivity index (χ2n) is 5.46. The average Bonchev–Trinajstić information content (AvgIpc) is 3.05. The van der Waals surface area contributed by atoms with E-state index in [9.17, 15) is 5.11 Å². The summed E-state index contributed by atoms with van der Waals surface area (Å²) < 4.78 is 5.39. The molecule has 0 amide bonds. The molecule has 0 radical (unpaired) electrons. The van der Waals surface area contributed by atoms with Gasteiger partial charge in [0.2, 0.25) is 0 Å². The maximum absolute atomic E-state index is 9.71. The van der Waals surface area contributed by atoms with Crippen LogP contribution in [0.2, 0.25) is 0 Å². The highest BCUT2D eigenvalue weighted by Crippen LogP contribution is 2.48. The third-order valence-corrected chi connectivity index (χ3v) is 3.57. The van der Waals surface area contributed by atoms with Gasteiger partial charge in [0, 0.05) is 19.7 Å². The van der Waals surface area contributed by atoms with Crippen LogP contribution in [0.1, 0.15) is 52.4 Å². The minimum absolute atomic E-state index is 0.357. The van der Waals surface area contributed by atoms with Gasteiger partial charge < -0.3 is 15.2 Å². The molecule has 1 rings (SSSR count). The molecule has 1 aliphatic rings. The maximum atomic E-state index is 9.71. The minimum Gasteiger partial charge on any atom is -0.389 e. The molecule has 0 bridgehead atoms. The Morgan fingerprint density at radius 2 is 2.06 bits per heavy atom. The number of ether oxygens (including phenoxy) is 1. The van der Waals surface area contributed by atoms with Gasteiger partial charge in [0.15, 0.2) is 0 Å². The van der Waals surface area contributed by atoms with Gasteiger partial charge in [-0.05, 0) is 31.1 Å². The maximum Gasteiger partial charge on any atom is 0.0897 e. The molecular weight excluding hydrogens is 214 g/mol. The third-order valence-electron chi connectivity index (χ3n) is 3.57. The molecule has 3 heteroatoms. The Morgan fingerprint density at radius 1 is 1.29 bits per heavy atom. The van der Waals surface area contributed by atoms with Crippen molar-refractivity contribution in [2.45, 2.75) is 58.5 Å². The van der Waals surface area contributed by atoms with Crippen LogP contribution in [-0.2, 0) is 4.74 Å². The molecule has 0 aromatic rings. The van der Waals surface area contributed by atoms with Crippen LogP contribution < -0.4 is 5.32 Å². The highest BCUT2D eigenvalue weighted by Gasteiger charge is 2.40. The Kier molecular flexibility index (Phi) is 7.09. The van der Waals surface area contributed by atoms with E-state index in [1.165, 1.54) is 25.7 Å². The van der Waals surface area contributed by atoms with E-state index in [-0.39, 0.29) is 6.10 Å². The van der Waals surface area contributed by atoms with Crippen LogP contribution in [-0.4, -0.2) is 37.5 Å². The lowest BCUT2D eigenvalue weighted by Gasteiger charge is -2.17. The fourth-order valence-corrected chi connectivity index (χ4v) is 2.25. The largest absolute Gasteiger partial charge is 0.389 e. The summed E-state index contributed by atoms with van der Waals surface area (Å²) in [6, 6.07) is 0. The molecule has 0 heterocycles. The van der Waals surface area contributed by atoms with Gasteiger partial charge in [0.1, 0.15) is 0 Å². The SMILES string of the molecule is CCCCOCC(O)CNCC1(CCC)CC1. The van der Waals surface area contributed by atoms with Crippen LogP contribution in [0.3, 0.4) is 0 Å². The van der Waals surface area contributed by atoms with Crippen molar-refractivity contribution < 1.29 is 9.84 Å². The molecular formula is C14H29NO2. The third kappa shape index (κ3) is 6.39. The van der Waals surface area contributed by atoms with Crippen LogP contribution in [0.4, 0.5) is 0 Å². The summed E-state index contributed by atoms with van der Waals surface area (Å²) in [7, 11) is 0. The summed E-state index contributed by atoms with van der Waals surface area (Å²) in [5, 5.41) is 13.1. The van der Waals surface area contributed by atoms with Gasteiger partial charge in [-0.25, -0.2) is 0 Å². The molecule has 1 aliphatic carbocycles. The van der Waals surface area contributed by atoms with Gasteiger partial charge in [-0.3, -0.25) is 0 Å². The molecule has 0 saturated heterocycles. The van der Waals surface area contributed by atoms with E-state index in [1.54, 1.807) is 0 Å². The van der Waals surface area contributed by atoms with Crippen molar-refractivity contribution in [3.8, 4) is 0 Å². The summed E-state index contributed by atoms with van der Waals surface area (Å²) in [6.45, 7) is 7.35. The van der Waals surface area contributed by atoms with E-state index in [0.717, 1.165) is 26.0 Å². The lowest BCUT2D eigenvalue weighted by Crippen LogP contribution is -2.34. The van der Waals surface area contributed by atoms with E-state index < -0.39 is 0 Å². The molecule has 0 aliphatic heterocycles. The summed E-state index contributed by atoms with van der Waals surface area (Å²) in [5.74, 6) is 0. The molecule has 0 aromatic heterocycles. The predicted octanol–water partition coefficient (Wildman–Crippen LogP) is 2.33. The molecule has 17 heavy (non-hydrogen) atoms. The van der Waals surface area contributed by atoms with E-state index in [4.69, 9.17) is 4.74 Å². The topological polar surface area (TPSA) is 41.5 Å². The van der Waals surface area contributed by atoms with Crippen molar-refractivity contribution >= 4 is 0 Å². The highest BCUT2D eigenvalue weighted by atomic mass is 16.5. The summed E-state index contributed by atoms with van der Waals surface area (Å²) in [4.78, 5) is 0. The first-order valence-electron chi connectivity index (χ1n) is 7.19. The number of hydrogen-bond donors (Lipinski definition) is 2. The average molecular weight is 243 g/mol. The molecule has 0 spiro atoms. The molecule has 2 N–H and O–H groups in total. The Morgan fingerprint density at radius 3 is 2.65 bits per heavy atom. The first-order valence-corrected chi connectivity index (χ1v) is 7.19. The fourth-order valence-electron chi connectivity index (χ4n) is 2.25. The number of hydrogen-bond acceptors (Lipinski definition) is 3. The monoisotopic (exact) mass is 243 g/mol. The van der Waals surface area contributed by atoms with Crippen molar-refractivity contribution in [3.05, 3.63) is 0 Å². The van der Waals surface area contributed by atoms with E-state index in [1.807, 2.05) is 0 Å². The molecule has 1 atom stereocenters. The fraction of sp³-hybridized carbons (Fsp3) is 1.00. The van der Waals surface area contributed by atoms with E-state index in [0.29, 0.717) is 18.6 Å². The van der Waals surface area contributed by atoms with Crippen LogP contribution in [0, 0.1) is 5.41 Å². The van der Waals surface area contributed by atoms with E-state index >= 15 is 0 Å². The second kappa shape index (κ2) is 8.06. The second-order valence-corrected chi connectivity index (χ2v) is 5.46. The zero-order valence-electron chi connectivity index (χ0n) is 11.5. The van der Waals surface area contributed by atoms with Gasteiger partial charge in [-0.1, -0.05) is 26.7 Å². The Labute approximate surface area is 106 Å².